The maximum atomic E-state index is 12.6. The Morgan fingerprint density at radius 3 is 2.88 bits per heavy atom. The molecule has 1 aromatic heterocycles. The topological polar surface area (TPSA) is 84.2 Å². The lowest BCUT2D eigenvalue weighted by atomic mass is 10.1. The Morgan fingerprint density at radius 1 is 1.33 bits per heavy atom. The van der Waals surface area contributed by atoms with Crippen molar-refractivity contribution in [2.45, 2.75) is 18.9 Å². The quantitative estimate of drug-likeness (QED) is 0.934. The molecule has 6 heteroatoms. The minimum atomic E-state index is -0.295. The highest BCUT2D eigenvalue weighted by Crippen LogP contribution is 2.32. The van der Waals surface area contributed by atoms with Crippen LogP contribution in [-0.4, -0.2) is 25.1 Å². The Morgan fingerprint density at radius 2 is 2.17 bits per heavy atom. The molecule has 3 rings (SSSR count). The summed E-state index contributed by atoms with van der Waals surface area (Å²) in [6, 6.07) is 9.24. The molecule has 1 atom stereocenters. The number of nitrogens with one attached hydrogen (secondary N) is 1. The lowest BCUT2D eigenvalue weighted by Crippen LogP contribution is -2.28. The average molecular weight is 323 g/mol. The van der Waals surface area contributed by atoms with Crippen molar-refractivity contribution in [3.63, 3.8) is 0 Å². The normalized spacial score (nSPS) is 15.3. The summed E-state index contributed by atoms with van der Waals surface area (Å²) in [5, 5.41) is 12.0. The molecule has 0 radical (unpaired) electrons. The molecule has 122 valence electrons. The third-order valence-corrected chi connectivity index (χ3v) is 4.15. The number of carbonyl (C=O) groups is 1. The summed E-state index contributed by atoms with van der Waals surface area (Å²) >= 11 is 0. The first kappa shape index (κ1) is 15.8. The van der Waals surface area contributed by atoms with E-state index in [1.54, 1.807) is 12.1 Å². The van der Waals surface area contributed by atoms with Crippen molar-refractivity contribution in [1.29, 1.82) is 5.26 Å². The Labute approximate surface area is 140 Å². The molecule has 24 heavy (non-hydrogen) atoms. The van der Waals surface area contributed by atoms with Gasteiger partial charge in [0.1, 0.15) is 5.75 Å². The van der Waals surface area contributed by atoms with Crippen LogP contribution in [0.3, 0.4) is 0 Å². The molecule has 1 heterocycles. The molecule has 0 aliphatic heterocycles. The van der Waals surface area contributed by atoms with Crippen LogP contribution < -0.4 is 14.8 Å². The van der Waals surface area contributed by atoms with Gasteiger partial charge in [0.05, 0.1) is 38.1 Å². The maximum absolute atomic E-state index is 12.6. The van der Waals surface area contributed by atoms with Gasteiger partial charge < -0.3 is 14.8 Å². The molecule has 2 aromatic rings. The summed E-state index contributed by atoms with van der Waals surface area (Å²) < 4.78 is 10.3. The van der Waals surface area contributed by atoms with E-state index < -0.39 is 0 Å². The largest absolute Gasteiger partial charge is 0.495 e. The zero-order valence-corrected chi connectivity index (χ0v) is 13.5. The summed E-state index contributed by atoms with van der Waals surface area (Å²) in [7, 11) is 3.02. The summed E-state index contributed by atoms with van der Waals surface area (Å²) in [5.41, 5.74) is 3.02. The SMILES string of the molecule is COc1cnc(C(=O)NC2CCc3cc(C#N)ccc32)c(OC)c1. The van der Waals surface area contributed by atoms with Crippen LogP contribution in [0.15, 0.2) is 30.5 Å². The van der Waals surface area contributed by atoms with E-state index in [9.17, 15) is 4.79 Å². The number of benzene rings is 1. The molecule has 0 saturated carbocycles. The van der Waals surface area contributed by atoms with Crippen LogP contribution in [-0.2, 0) is 6.42 Å². The van der Waals surface area contributed by atoms with Gasteiger partial charge in [0.15, 0.2) is 11.4 Å². The number of rotatable bonds is 4. The second-order valence-electron chi connectivity index (χ2n) is 5.52. The summed E-state index contributed by atoms with van der Waals surface area (Å²) in [4.78, 5) is 16.7. The number of amides is 1. The van der Waals surface area contributed by atoms with E-state index in [2.05, 4.69) is 16.4 Å². The number of aromatic nitrogens is 1. The van der Waals surface area contributed by atoms with Gasteiger partial charge in [-0.25, -0.2) is 4.98 Å². The molecule has 1 aliphatic rings. The van der Waals surface area contributed by atoms with E-state index in [4.69, 9.17) is 14.7 Å². The first-order chi connectivity index (χ1) is 11.7. The Hall–Kier alpha value is -3.07. The Kier molecular flexibility index (Phi) is 4.34. The monoisotopic (exact) mass is 323 g/mol. The molecule has 1 aliphatic carbocycles. The van der Waals surface area contributed by atoms with Crippen LogP contribution in [0.4, 0.5) is 0 Å². The van der Waals surface area contributed by atoms with Crippen LogP contribution in [0.25, 0.3) is 0 Å². The number of aryl methyl sites for hydroxylation is 1. The van der Waals surface area contributed by atoms with Gasteiger partial charge >= 0.3 is 0 Å². The van der Waals surface area contributed by atoms with E-state index >= 15 is 0 Å². The van der Waals surface area contributed by atoms with Gasteiger partial charge in [-0.05, 0) is 36.1 Å². The van der Waals surface area contributed by atoms with E-state index in [0.29, 0.717) is 17.1 Å². The highest BCUT2D eigenvalue weighted by molar-refractivity contribution is 5.95. The Balaban J connectivity index is 1.81. The molecule has 1 amide bonds. The highest BCUT2D eigenvalue weighted by atomic mass is 16.5. The van der Waals surface area contributed by atoms with Crippen molar-refractivity contribution in [2.24, 2.45) is 0 Å². The standard InChI is InChI=1S/C18H17N3O3/c1-23-13-8-16(24-2)17(20-10-13)18(22)21-15-6-4-12-7-11(9-19)3-5-14(12)15/h3,5,7-8,10,15H,4,6H2,1-2H3,(H,21,22). The summed E-state index contributed by atoms with van der Waals surface area (Å²) in [6.45, 7) is 0. The zero-order chi connectivity index (χ0) is 17.1. The predicted octanol–water partition coefficient (Wildman–Crippen LogP) is 2.39. The summed E-state index contributed by atoms with van der Waals surface area (Å²) in [6.07, 6.45) is 3.12. The van der Waals surface area contributed by atoms with Gasteiger partial charge in [0.2, 0.25) is 0 Å². The first-order valence-electron chi connectivity index (χ1n) is 7.58. The fraction of sp³-hybridized carbons (Fsp3) is 0.278. The molecule has 1 aromatic carbocycles. The van der Waals surface area contributed by atoms with Gasteiger partial charge in [0.25, 0.3) is 5.91 Å². The molecule has 0 bridgehead atoms. The zero-order valence-electron chi connectivity index (χ0n) is 13.5. The van der Waals surface area contributed by atoms with Gasteiger partial charge in [-0.3, -0.25) is 4.79 Å². The van der Waals surface area contributed by atoms with Crippen molar-refractivity contribution in [3.8, 4) is 17.6 Å². The average Bonchev–Trinajstić information content (AvgIpc) is 3.02. The van der Waals surface area contributed by atoms with Crippen LogP contribution in [0.2, 0.25) is 0 Å². The van der Waals surface area contributed by atoms with Gasteiger partial charge in [0, 0.05) is 6.07 Å². The van der Waals surface area contributed by atoms with Crippen molar-refractivity contribution in [3.05, 3.63) is 52.8 Å². The minimum absolute atomic E-state index is 0.0890. The number of hydrogen-bond donors (Lipinski definition) is 1. The molecular weight excluding hydrogens is 306 g/mol. The molecule has 1 N–H and O–H groups in total. The fourth-order valence-electron chi connectivity index (χ4n) is 2.93. The van der Waals surface area contributed by atoms with Crippen molar-refractivity contribution >= 4 is 5.91 Å². The number of nitrogens with zero attached hydrogens (tertiary/aromatic N) is 2. The predicted molar refractivity (Wildman–Crippen MR) is 87.0 cm³/mol. The number of fused-ring (bicyclic) bond motifs is 1. The van der Waals surface area contributed by atoms with Crippen LogP contribution >= 0.6 is 0 Å². The number of methoxy groups -OCH3 is 2. The molecule has 0 fully saturated rings. The third kappa shape index (κ3) is 2.88. The first-order valence-corrected chi connectivity index (χ1v) is 7.58. The second kappa shape index (κ2) is 6.59. The van der Waals surface area contributed by atoms with E-state index in [0.717, 1.165) is 24.0 Å². The van der Waals surface area contributed by atoms with E-state index in [-0.39, 0.29) is 17.6 Å². The number of pyridine rings is 1. The maximum Gasteiger partial charge on any atom is 0.274 e. The lowest BCUT2D eigenvalue weighted by molar-refractivity contribution is 0.0928. The van der Waals surface area contributed by atoms with Crippen molar-refractivity contribution in [2.75, 3.05) is 14.2 Å². The smallest absolute Gasteiger partial charge is 0.274 e. The van der Waals surface area contributed by atoms with E-state index in [1.807, 2.05) is 12.1 Å². The lowest BCUT2D eigenvalue weighted by Gasteiger charge is -2.15. The number of nitriles is 1. The van der Waals surface area contributed by atoms with Crippen LogP contribution in [0, 0.1) is 11.3 Å². The van der Waals surface area contributed by atoms with E-state index in [1.165, 1.54) is 20.4 Å². The van der Waals surface area contributed by atoms with Crippen LogP contribution in [0.5, 0.6) is 11.5 Å². The highest BCUT2D eigenvalue weighted by Gasteiger charge is 2.26. The van der Waals surface area contributed by atoms with Gasteiger partial charge in [-0.2, -0.15) is 5.26 Å². The van der Waals surface area contributed by atoms with Crippen molar-refractivity contribution < 1.29 is 14.3 Å². The fourth-order valence-corrected chi connectivity index (χ4v) is 2.93. The second-order valence-corrected chi connectivity index (χ2v) is 5.52. The Bertz CT molecular complexity index is 827. The third-order valence-electron chi connectivity index (χ3n) is 4.15. The molecule has 6 nitrogen and oxygen atoms in total. The summed E-state index contributed by atoms with van der Waals surface area (Å²) in [5.74, 6) is 0.597. The molecular formula is C18H17N3O3. The van der Waals surface area contributed by atoms with Gasteiger partial charge in [-0.1, -0.05) is 6.07 Å². The minimum Gasteiger partial charge on any atom is -0.495 e. The van der Waals surface area contributed by atoms with Crippen molar-refractivity contribution in [1.82, 2.24) is 10.3 Å². The van der Waals surface area contributed by atoms with Crippen LogP contribution in [0.1, 0.15) is 39.6 Å². The van der Waals surface area contributed by atoms with Gasteiger partial charge in [-0.15, -0.1) is 0 Å². The number of carbonyl (C=O) groups excluding carboxylic acids is 1. The molecule has 0 saturated heterocycles. The number of hydrogen-bond acceptors (Lipinski definition) is 5. The number of ether oxygens (including phenoxy) is 2. The molecule has 0 spiro atoms. The molecule has 1 unspecified atom stereocenters.